The molecule has 0 spiro atoms. The fourth-order valence-electron chi connectivity index (χ4n) is 3.07. The van der Waals surface area contributed by atoms with Gasteiger partial charge in [-0.25, -0.2) is 4.98 Å². The summed E-state index contributed by atoms with van der Waals surface area (Å²) in [7, 11) is 1.68. The minimum absolute atomic E-state index is 0.171. The number of imidazole rings is 1. The minimum Gasteiger partial charge on any atom is -0.370 e. The second kappa shape index (κ2) is 8.19. The first-order chi connectivity index (χ1) is 14.9. The molecule has 0 amide bonds. The van der Waals surface area contributed by atoms with Gasteiger partial charge in [0.1, 0.15) is 5.69 Å². The number of nitro groups is 1. The largest absolute Gasteiger partial charge is 0.370 e. The first kappa shape index (κ1) is 20.0. The van der Waals surface area contributed by atoms with E-state index < -0.39 is 16.7 Å². The Morgan fingerprint density at radius 3 is 2.68 bits per heavy atom. The summed E-state index contributed by atoms with van der Waals surface area (Å²) < 4.78 is 6.86. The number of aryl methyl sites for hydroxylation is 1. The number of carbonyl (C=O) groups excluding carboxylic acids is 1. The number of benzene rings is 2. The molecule has 0 aliphatic rings. The van der Waals surface area contributed by atoms with Crippen LogP contribution in [0.4, 0.5) is 11.4 Å². The molecular weight excluding hydrogens is 400 g/mol. The maximum absolute atomic E-state index is 12.6. The van der Waals surface area contributed by atoms with Crippen LogP contribution in [-0.4, -0.2) is 30.4 Å². The van der Waals surface area contributed by atoms with Crippen molar-refractivity contribution in [1.82, 2.24) is 19.7 Å². The number of ketones is 1. The third-order valence-electron chi connectivity index (χ3n) is 4.70. The third-order valence-corrected chi connectivity index (χ3v) is 4.70. The highest BCUT2D eigenvalue weighted by Crippen LogP contribution is 2.30. The summed E-state index contributed by atoms with van der Waals surface area (Å²) in [6, 6.07) is 13.1. The van der Waals surface area contributed by atoms with E-state index in [4.69, 9.17) is 4.52 Å². The first-order valence-electron chi connectivity index (χ1n) is 9.40. The highest BCUT2D eigenvalue weighted by atomic mass is 16.6. The van der Waals surface area contributed by atoms with E-state index in [1.807, 2.05) is 30.3 Å². The molecule has 156 valence electrons. The molecule has 1 atom stereocenters. The van der Waals surface area contributed by atoms with Crippen LogP contribution in [0.15, 0.2) is 65.4 Å². The number of aromatic nitrogens is 4. The van der Waals surface area contributed by atoms with Crippen LogP contribution in [0.3, 0.4) is 0 Å². The van der Waals surface area contributed by atoms with E-state index in [1.165, 1.54) is 24.4 Å². The SMILES string of the molecule is CC(Nc1ccc(C(=O)c2nccn2C)cc1[N+](=O)[O-])c1noc(-c2ccccc2)n1. The number of nitrogens with one attached hydrogen (secondary N) is 1. The molecule has 1 N–H and O–H groups in total. The molecule has 2 aromatic carbocycles. The Hall–Kier alpha value is -4.34. The van der Waals surface area contributed by atoms with E-state index in [1.54, 1.807) is 24.7 Å². The van der Waals surface area contributed by atoms with Crippen molar-refractivity contribution in [3.63, 3.8) is 0 Å². The van der Waals surface area contributed by atoms with Crippen molar-refractivity contribution < 1.29 is 14.2 Å². The zero-order chi connectivity index (χ0) is 22.0. The minimum atomic E-state index is -0.546. The Balaban J connectivity index is 1.58. The zero-order valence-electron chi connectivity index (χ0n) is 16.7. The fraction of sp³-hybridized carbons (Fsp3) is 0.143. The number of nitro benzene ring substituents is 1. The normalized spacial score (nSPS) is 11.8. The molecule has 2 aromatic heterocycles. The molecule has 4 rings (SSSR count). The van der Waals surface area contributed by atoms with Crippen molar-refractivity contribution in [2.45, 2.75) is 13.0 Å². The van der Waals surface area contributed by atoms with Crippen LogP contribution in [0, 0.1) is 10.1 Å². The zero-order valence-corrected chi connectivity index (χ0v) is 16.7. The van der Waals surface area contributed by atoms with Crippen molar-refractivity contribution in [2.75, 3.05) is 5.32 Å². The Bertz CT molecular complexity index is 1250. The molecule has 10 heteroatoms. The summed E-state index contributed by atoms with van der Waals surface area (Å²) in [5.41, 5.74) is 0.945. The molecule has 31 heavy (non-hydrogen) atoms. The van der Waals surface area contributed by atoms with Gasteiger partial charge in [0.25, 0.3) is 11.6 Å². The lowest BCUT2D eigenvalue weighted by molar-refractivity contribution is -0.384. The van der Waals surface area contributed by atoms with E-state index >= 15 is 0 Å². The average Bonchev–Trinajstić information content (AvgIpc) is 3.43. The van der Waals surface area contributed by atoms with Gasteiger partial charge >= 0.3 is 0 Å². The number of carbonyl (C=O) groups is 1. The van der Waals surface area contributed by atoms with E-state index in [2.05, 4.69) is 20.4 Å². The van der Waals surface area contributed by atoms with E-state index in [-0.39, 0.29) is 22.8 Å². The molecule has 0 radical (unpaired) electrons. The van der Waals surface area contributed by atoms with E-state index in [0.717, 1.165) is 5.56 Å². The number of hydrogen-bond acceptors (Lipinski definition) is 8. The molecule has 1 unspecified atom stereocenters. The van der Waals surface area contributed by atoms with Crippen molar-refractivity contribution in [3.05, 3.63) is 88.3 Å². The Morgan fingerprint density at radius 2 is 2.00 bits per heavy atom. The van der Waals surface area contributed by atoms with Gasteiger partial charge in [-0.3, -0.25) is 14.9 Å². The van der Waals surface area contributed by atoms with Gasteiger partial charge in [0.2, 0.25) is 5.78 Å². The van der Waals surface area contributed by atoms with Crippen molar-refractivity contribution in [3.8, 4) is 11.5 Å². The maximum Gasteiger partial charge on any atom is 0.293 e. The van der Waals surface area contributed by atoms with Gasteiger partial charge in [0.15, 0.2) is 11.6 Å². The van der Waals surface area contributed by atoms with Crippen LogP contribution < -0.4 is 5.32 Å². The molecule has 0 saturated heterocycles. The second-order valence-electron chi connectivity index (χ2n) is 6.87. The standard InChI is InChI=1S/C21H18N6O4/c1-13(19-24-21(31-25-19)14-6-4-3-5-7-14)23-16-9-8-15(12-17(16)27(29)30)18(28)20-22-10-11-26(20)2/h3-13,23H,1-2H3. The number of nitrogens with zero attached hydrogens (tertiary/aromatic N) is 5. The average molecular weight is 418 g/mol. The van der Waals surface area contributed by atoms with Gasteiger partial charge in [-0.05, 0) is 31.2 Å². The van der Waals surface area contributed by atoms with Gasteiger partial charge in [0.05, 0.1) is 11.0 Å². The molecule has 0 aliphatic heterocycles. The topological polar surface area (TPSA) is 129 Å². The Kier molecular flexibility index (Phi) is 5.27. The fourth-order valence-corrected chi connectivity index (χ4v) is 3.07. The third kappa shape index (κ3) is 4.04. The summed E-state index contributed by atoms with van der Waals surface area (Å²) in [6.45, 7) is 1.76. The van der Waals surface area contributed by atoms with Crippen LogP contribution >= 0.6 is 0 Å². The van der Waals surface area contributed by atoms with Gasteiger partial charge in [-0.15, -0.1) is 0 Å². The van der Waals surface area contributed by atoms with Crippen LogP contribution in [0.2, 0.25) is 0 Å². The number of rotatable bonds is 7. The smallest absolute Gasteiger partial charge is 0.293 e. The highest BCUT2D eigenvalue weighted by Gasteiger charge is 2.23. The van der Waals surface area contributed by atoms with Crippen molar-refractivity contribution in [2.24, 2.45) is 7.05 Å². The summed E-state index contributed by atoms with van der Waals surface area (Å²) in [4.78, 5) is 32.1. The lowest BCUT2D eigenvalue weighted by Gasteiger charge is -2.12. The predicted octanol–water partition coefficient (Wildman–Crippen LogP) is 3.78. The second-order valence-corrected chi connectivity index (χ2v) is 6.87. The Morgan fingerprint density at radius 1 is 1.23 bits per heavy atom. The van der Waals surface area contributed by atoms with Gasteiger partial charge in [-0.2, -0.15) is 4.98 Å². The summed E-state index contributed by atoms with van der Waals surface area (Å²) >= 11 is 0. The summed E-state index contributed by atoms with van der Waals surface area (Å²) in [6.07, 6.45) is 3.13. The maximum atomic E-state index is 12.6. The quantitative estimate of drug-likeness (QED) is 0.273. The first-order valence-corrected chi connectivity index (χ1v) is 9.40. The molecule has 4 aromatic rings. The monoisotopic (exact) mass is 418 g/mol. The van der Waals surface area contributed by atoms with E-state index in [0.29, 0.717) is 11.7 Å². The molecule has 0 saturated carbocycles. The van der Waals surface area contributed by atoms with Gasteiger partial charge in [0, 0.05) is 36.6 Å². The summed E-state index contributed by atoms with van der Waals surface area (Å²) in [5, 5.41) is 18.6. The van der Waals surface area contributed by atoms with Gasteiger partial charge in [-0.1, -0.05) is 23.4 Å². The molecule has 0 aliphatic carbocycles. The molecule has 0 fully saturated rings. The van der Waals surface area contributed by atoms with Crippen molar-refractivity contribution in [1.29, 1.82) is 0 Å². The van der Waals surface area contributed by atoms with Crippen molar-refractivity contribution >= 4 is 17.2 Å². The highest BCUT2D eigenvalue weighted by molar-refractivity contribution is 6.07. The Labute approximate surface area is 176 Å². The van der Waals surface area contributed by atoms with Crippen LogP contribution in [0.5, 0.6) is 0 Å². The number of anilines is 1. The molecule has 10 nitrogen and oxygen atoms in total. The lowest BCUT2D eigenvalue weighted by Crippen LogP contribution is -2.12. The predicted molar refractivity (Wildman–Crippen MR) is 112 cm³/mol. The van der Waals surface area contributed by atoms with Crippen LogP contribution in [-0.2, 0) is 7.05 Å². The molecular formula is C21H18N6O4. The van der Waals surface area contributed by atoms with Crippen LogP contribution in [0.25, 0.3) is 11.5 Å². The van der Waals surface area contributed by atoms with Gasteiger partial charge < -0.3 is 14.4 Å². The summed E-state index contributed by atoms with van der Waals surface area (Å²) in [5.74, 6) is 0.501. The van der Waals surface area contributed by atoms with Crippen LogP contribution in [0.1, 0.15) is 35.0 Å². The lowest BCUT2D eigenvalue weighted by atomic mass is 10.1. The van der Waals surface area contributed by atoms with E-state index in [9.17, 15) is 14.9 Å². The molecule has 0 bridgehead atoms. The number of hydrogen-bond donors (Lipinski definition) is 1. The molecule has 2 heterocycles.